The van der Waals surface area contributed by atoms with E-state index in [-0.39, 0.29) is 11.9 Å². The molecule has 2 rings (SSSR count). The first-order valence-electron chi connectivity index (χ1n) is 6.68. The van der Waals surface area contributed by atoms with Gasteiger partial charge in [-0.05, 0) is 23.3 Å². The van der Waals surface area contributed by atoms with E-state index in [0.717, 1.165) is 10.0 Å². The fourth-order valence-corrected chi connectivity index (χ4v) is 2.35. The Hall–Kier alpha value is -1.85. The summed E-state index contributed by atoms with van der Waals surface area (Å²) < 4.78 is 1.06. The molecule has 0 amide bonds. The molecule has 0 saturated carbocycles. The molecule has 5 heteroatoms. The average Bonchev–Trinajstić information content (AvgIpc) is 2.53. The number of hydrogen-bond donors (Lipinski definition) is 3. The van der Waals surface area contributed by atoms with Crippen LogP contribution in [-0.2, 0) is 6.54 Å². The zero-order valence-electron chi connectivity index (χ0n) is 11.5. The van der Waals surface area contributed by atoms with Gasteiger partial charge >= 0.3 is 0 Å². The third kappa shape index (κ3) is 4.88. The van der Waals surface area contributed by atoms with Gasteiger partial charge in [-0.2, -0.15) is 0 Å². The summed E-state index contributed by atoms with van der Waals surface area (Å²) in [5.41, 5.74) is 7.95. The molecule has 0 aliphatic carbocycles. The molecule has 1 atom stereocenters. The highest BCUT2D eigenvalue weighted by Crippen LogP contribution is 2.18. The molecule has 0 saturated heterocycles. The Balaban J connectivity index is 2.07. The van der Waals surface area contributed by atoms with E-state index >= 15 is 0 Å². The molecular formula is C16H18BrN3O. The lowest BCUT2D eigenvalue weighted by molar-refractivity contribution is 0.315. The summed E-state index contributed by atoms with van der Waals surface area (Å²) >= 11 is 3.42. The highest BCUT2D eigenvalue weighted by Gasteiger charge is 2.13. The third-order valence-corrected chi connectivity index (χ3v) is 3.74. The fraction of sp³-hybridized carbons (Fsp3) is 0.188. The number of nitrogens with zero attached hydrogens (tertiary/aromatic N) is 1. The van der Waals surface area contributed by atoms with Crippen LogP contribution in [0.1, 0.15) is 23.6 Å². The first kappa shape index (κ1) is 15.5. The SMILES string of the molecule is NC(CC(NCc1ccc(Br)cc1)c1ccccc1)=NO. The molecule has 0 radical (unpaired) electrons. The lowest BCUT2D eigenvalue weighted by atomic mass is 10.0. The van der Waals surface area contributed by atoms with Crippen molar-refractivity contribution in [2.45, 2.75) is 19.0 Å². The second-order valence-electron chi connectivity index (χ2n) is 4.77. The van der Waals surface area contributed by atoms with E-state index in [2.05, 4.69) is 38.5 Å². The van der Waals surface area contributed by atoms with E-state index in [9.17, 15) is 0 Å². The van der Waals surface area contributed by atoms with Crippen LogP contribution in [0.4, 0.5) is 0 Å². The molecule has 0 spiro atoms. The molecule has 0 heterocycles. The Morgan fingerprint density at radius 1 is 1.14 bits per heavy atom. The minimum atomic E-state index is 0.00532. The van der Waals surface area contributed by atoms with Gasteiger partial charge in [-0.25, -0.2) is 0 Å². The third-order valence-electron chi connectivity index (χ3n) is 3.21. The summed E-state index contributed by atoms with van der Waals surface area (Å²) in [6.45, 7) is 0.714. The van der Waals surface area contributed by atoms with E-state index in [0.29, 0.717) is 13.0 Å². The molecule has 1 unspecified atom stereocenters. The second kappa shape index (κ2) is 7.81. The summed E-state index contributed by atoms with van der Waals surface area (Å²) in [7, 11) is 0. The van der Waals surface area contributed by atoms with Crippen molar-refractivity contribution in [2.24, 2.45) is 10.9 Å². The first-order chi connectivity index (χ1) is 10.2. The Labute approximate surface area is 132 Å². The number of benzene rings is 2. The minimum absolute atomic E-state index is 0.00532. The summed E-state index contributed by atoms with van der Waals surface area (Å²) in [4.78, 5) is 0. The van der Waals surface area contributed by atoms with Crippen molar-refractivity contribution >= 4 is 21.8 Å². The Bertz CT molecular complexity index is 584. The van der Waals surface area contributed by atoms with Gasteiger partial charge in [0.2, 0.25) is 0 Å². The maximum absolute atomic E-state index is 8.78. The van der Waals surface area contributed by atoms with Gasteiger partial charge in [-0.1, -0.05) is 63.6 Å². The predicted molar refractivity (Wildman–Crippen MR) is 88.2 cm³/mol. The average molecular weight is 348 g/mol. The number of hydrogen-bond acceptors (Lipinski definition) is 3. The van der Waals surface area contributed by atoms with Gasteiger partial charge in [0.25, 0.3) is 0 Å². The Kier molecular flexibility index (Phi) is 5.78. The molecule has 2 aromatic rings. The molecular weight excluding hydrogens is 330 g/mol. The topological polar surface area (TPSA) is 70.6 Å². The zero-order chi connectivity index (χ0) is 15.1. The van der Waals surface area contributed by atoms with Gasteiger partial charge < -0.3 is 16.3 Å². The summed E-state index contributed by atoms with van der Waals surface area (Å²) in [5.74, 6) is 0.215. The molecule has 21 heavy (non-hydrogen) atoms. The van der Waals surface area contributed by atoms with Crippen molar-refractivity contribution in [1.29, 1.82) is 0 Å². The smallest absolute Gasteiger partial charge is 0.141 e. The van der Waals surface area contributed by atoms with Crippen molar-refractivity contribution in [1.82, 2.24) is 5.32 Å². The molecule has 0 fully saturated rings. The van der Waals surface area contributed by atoms with Crippen molar-refractivity contribution < 1.29 is 5.21 Å². The maximum Gasteiger partial charge on any atom is 0.141 e. The van der Waals surface area contributed by atoms with Gasteiger partial charge in [-0.3, -0.25) is 0 Å². The van der Waals surface area contributed by atoms with Crippen LogP contribution in [0.3, 0.4) is 0 Å². The van der Waals surface area contributed by atoms with Gasteiger partial charge in [0.05, 0.1) is 0 Å². The Morgan fingerprint density at radius 2 is 1.81 bits per heavy atom. The number of nitrogens with two attached hydrogens (primary N) is 1. The zero-order valence-corrected chi connectivity index (χ0v) is 13.1. The van der Waals surface area contributed by atoms with Crippen LogP contribution in [-0.4, -0.2) is 11.0 Å². The monoisotopic (exact) mass is 347 g/mol. The van der Waals surface area contributed by atoms with E-state index in [4.69, 9.17) is 10.9 Å². The molecule has 0 bridgehead atoms. The molecule has 110 valence electrons. The van der Waals surface area contributed by atoms with Crippen LogP contribution in [0.25, 0.3) is 0 Å². The summed E-state index contributed by atoms with van der Waals surface area (Å²) in [6.07, 6.45) is 0.455. The van der Waals surface area contributed by atoms with Gasteiger partial charge in [0.1, 0.15) is 5.84 Å². The fourth-order valence-electron chi connectivity index (χ4n) is 2.09. The molecule has 0 aliphatic rings. The normalized spacial score (nSPS) is 13.1. The van der Waals surface area contributed by atoms with Crippen molar-refractivity contribution in [3.63, 3.8) is 0 Å². The van der Waals surface area contributed by atoms with Crippen LogP contribution < -0.4 is 11.1 Å². The van der Waals surface area contributed by atoms with E-state index in [1.165, 1.54) is 5.56 Å². The highest BCUT2D eigenvalue weighted by molar-refractivity contribution is 9.10. The maximum atomic E-state index is 8.78. The van der Waals surface area contributed by atoms with Crippen LogP contribution in [0.2, 0.25) is 0 Å². The van der Waals surface area contributed by atoms with Crippen molar-refractivity contribution in [3.8, 4) is 0 Å². The first-order valence-corrected chi connectivity index (χ1v) is 7.47. The van der Waals surface area contributed by atoms with E-state index < -0.39 is 0 Å². The van der Waals surface area contributed by atoms with Crippen LogP contribution in [0.5, 0.6) is 0 Å². The largest absolute Gasteiger partial charge is 0.409 e. The van der Waals surface area contributed by atoms with E-state index in [1.807, 2.05) is 42.5 Å². The standard InChI is InChI=1S/C16H18BrN3O/c17-14-8-6-12(7-9-14)11-19-15(10-16(18)20-21)13-4-2-1-3-5-13/h1-9,15,19,21H,10-11H2,(H2,18,20). The van der Waals surface area contributed by atoms with Crippen molar-refractivity contribution in [3.05, 3.63) is 70.2 Å². The lowest BCUT2D eigenvalue weighted by Crippen LogP contribution is -2.26. The number of rotatable bonds is 6. The van der Waals surface area contributed by atoms with Gasteiger partial charge in [0.15, 0.2) is 0 Å². The summed E-state index contributed by atoms with van der Waals surface area (Å²) in [5, 5.41) is 15.3. The number of oxime groups is 1. The second-order valence-corrected chi connectivity index (χ2v) is 5.68. The van der Waals surface area contributed by atoms with Crippen LogP contribution in [0.15, 0.2) is 64.2 Å². The van der Waals surface area contributed by atoms with Crippen molar-refractivity contribution in [2.75, 3.05) is 0 Å². The van der Waals surface area contributed by atoms with E-state index in [1.54, 1.807) is 0 Å². The quantitative estimate of drug-likeness (QED) is 0.324. The highest BCUT2D eigenvalue weighted by atomic mass is 79.9. The lowest BCUT2D eigenvalue weighted by Gasteiger charge is -2.18. The molecule has 4 N–H and O–H groups in total. The predicted octanol–water partition coefficient (Wildman–Crippen LogP) is 3.42. The van der Waals surface area contributed by atoms with Crippen LogP contribution >= 0.6 is 15.9 Å². The molecule has 4 nitrogen and oxygen atoms in total. The number of nitrogens with one attached hydrogen (secondary N) is 1. The van der Waals surface area contributed by atoms with Gasteiger partial charge in [0, 0.05) is 23.5 Å². The van der Waals surface area contributed by atoms with Gasteiger partial charge in [-0.15, -0.1) is 0 Å². The number of amidine groups is 1. The molecule has 0 aliphatic heterocycles. The molecule has 0 aromatic heterocycles. The number of halogens is 1. The minimum Gasteiger partial charge on any atom is -0.409 e. The molecule has 2 aromatic carbocycles. The van der Waals surface area contributed by atoms with Crippen LogP contribution in [0, 0.1) is 0 Å². The summed E-state index contributed by atoms with van der Waals surface area (Å²) in [6, 6.07) is 18.1. The Morgan fingerprint density at radius 3 is 2.43 bits per heavy atom.